The summed E-state index contributed by atoms with van der Waals surface area (Å²) in [6, 6.07) is 2.04. The van der Waals surface area contributed by atoms with Gasteiger partial charge in [0.05, 0.1) is 12.2 Å². The lowest BCUT2D eigenvalue weighted by Gasteiger charge is -2.34. The highest BCUT2D eigenvalue weighted by molar-refractivity contribution is 5.74. The lowest BCUT2D eigenvalue weighted by Crippen LogP contribution is -2.52. The maximum Gasteiger partial charge on any atom is 0.317 e. The molecule has 7 nitrogen and oxygen atoms in total. The molecule has 2 saturated heterocycles. The number of amides is 2. The van der Waals surface area contributed by atoms with Crippen molar-refractivity contribution in [2.24, 2.45) is 5.92 Å². The summed E-state index contributed by atoms with van der Waals surface area (Å²) in [5.41, 5.74) is 0.913. The highest BCUT2D eigenvalue weighted by Crippen LogP contribution is 2.14. The standard InChI is InChI=1S/C18H31N5O2/c1-15-4-3-6-21(13-15)7-5-19-18(24)23-10-8-22(9-11-23)14-17-12-16(2)20-25-17/h12,15H,3-11,13-14H2,1-2H3,(H,19,24). The molecule has 0 aliphatic carbocycles. The molecule has 0 bridgehead atoms. The Bertz CT molecular complexity index is 553. The third-order valence-electron chi connectivity index (χ3n) is 5.16. The van der Waals surface area contributed by atoms with E-state index in [1.54, 1.807) is 0 Å². The molecule has 7 heteroatoms. The summed E-state index contributed by atoms with van der Waals surface area (Å²) in [7, 11) is 0. The molecule has 1 unspecified atom stereocenters. The van der Waals surface area contributed by atoms with Gasteiger partial charge in [-0.15, -0.1) is 0 Å². The molecule has 0 radical (unpaired) electrons. The third-order valence-corrected chi connectivity index (χ3v) is 5.16. The largest absolute Gasteiger partial charge is 0.360 e. The third kappa shape index (κ3) is 5.44. The molecule has 2 aliphatic heterocycles. The average Bonchev–Trinajstić information content (AvgIpc) is 3.00. The van der Waals surface area contributed by atoms with Gasteiger partial charge in [0, 0.05) is 51.9 Å². The highest BCUT2D eigenvalue weighted by Gasteiger charge is 2.22. The van der Waals surface area contributed by atoms with Gasteiger partial charge in [0.1, 0.15) is 0 Å². The van der Waals surface area contributed by atoms with Crippen LogP contribution >= 0.6 is 0 Å². The number of urea groups is 1. The van der Waals surface area contributed by atoms with E-state index >= 15 is 0 Å². The molecule has 1 atom stereocenters. The van der Waals surface area contributed by atoms with Crippen molar-refractivity contribution in [3.63, 3.8) is 0 Å². The van der Waals surface area contributed by atoms with E-state index in [-0.39, 0.29) is 6.03 Å². The van der Waals surface area contributed by atoms with Gasteiger partial charge in [-0.2, -0.15) is 0 Å². The zero-order valence-corrected chi connectivity index (χ0v) is 15.5. The molecular weight excluding hydrogens is 318 g/mol. The van der Waals surface area contributed by atoms with Crippen LogP contribution in [0.2, 0.25) is 0 Å². The van der Waals surface area contributed by atoms with Crippen LogP contribution in [0, 0.1) is 12.8 Å². The first kappa shape index (κ1) is 18.2. The van der Waals surface area contributed by atoms with E-state index in [1.807, 2.05) is 17.9 Å². The van der Waals surface area contributed by atoms with Crippen LogP contribution in [0.5, 0.6) is 0 Å². The number of rotatable bonds is 5. The van der Waals surface area contributed by atoms with E-state index in [0.717, 1.165) is 69.7 Å². The normalized spacial score (nSPS) is 23.0. The first-order valence-electron chi connectivity index (χ1n) is 9.50. The Hall–Kier alpha value is -1.60. The minimum absolute atomic E-state index is 0.0696. The Morgan fingerprint density at radius 1 is 1.28 bits per heavy atom. The number of aromatic nitrogens is 1. The average molecular weight is 349 g/mol. The van der Waals surface area contributed by atoms with Gasteiger partial charge in [0.15, 0.2) is 5.76 Å². The van der Waals surface area contributed by atoms with Crippen molar-refractivity contribution < 1.29 is 9.32 Å². The predicted molar refractivity (Wildman–Crippen MR) is 96.3 cm³/mol. The van der Waals surface area contributed by atoms with E-state index < -0.39 is 0 Å². The fourth-order valence-corrected chi connectivity index (χ4v) is 3.74. The van der Waals surface area contributed by atoms with Gasteiger partial charge in [0.25, 0.3) is 0 Å². The number of nitrogens with zero attached hydrogens (tertiary/aromatic N) is 4. The summed E-state index contributed by atoms with van der Waals surface area (Å²) in [5, 5.41) is 7.00. The van der Waals surface area contributed by atoms with Crippen molar-refractivity contribution in [3.8, 4) is 0 Å². The molecule has 0 saturated carbocycles. The number of aryl methyl sites for hydroxylation is 1. The molecule has 25 heavy (non-hydrogen) atoms. The Labute approximate surface area is 150 Å². The number of piperidine rings is 1. The summed E-state index contributed by atoms with van der Waals surface area (Å²) in [6.07, 6.45) is 2.61. The number of carbonyl (C=O) groups is 1. The van der Waals surface area contributed by atoms with Crippen molar-refractivity contribution >= 4 is 6.03 Å². The van der Waals surface area contributed by atoms with Crippen molar-refractivity contribution in [3.05, 3.63) is 17.5 Å². The van der Waals surface area contributed by atoms with E-state index in [2.05, 4.69) is 27.2 Å². The number of piperazine rings is 1. The molecule has 140 valence electrons. The lowest BCUT2D eigenvalue weighted by atomic mass is 10.0. The zero-order valence-electron chi connectivity index (χ0n) is 15.5. The first-order chi connectivity index (χ1) is 12.1. The van der Waals surface area contributed by atoms with Crippen LogP contribution in [0.15, 0.2) is 10.6 Å². The quantitative estimate of drug-likeness (QED) is 0.874. The Morgan fingerprint density at radius 2 is 2.08 bits per heavy atom. The van der Waals surface area contributed by atoms with Gasteiger partial charge in [-0.3, -0.25) is 4.90 Å². The summed E-state index contributed by atoms with van der Waals surface area (Å²) in [5.74, 6) is 1.68. The SMILES string of the molecule is Cc1cc(CN2CCN(C(=O)NCCN3CCCC(C)C3)CC2)on1. The van der Waals surface area contributed by atoms with E-state index in [1.165, 1.54) is 19.4 Å². The molecule has 2 fully saturated rings. The number of nitrogens with one attached hydrogen (secondary N) is 1. The Kier molecular flexibility index (Phi) is 6.31. The lowest BCUT2D eigenvalue weighted by molar-refractivity contribution is 0.126. The monoisotopic (exact) mass is 349 g/mol. The van der Waals surface area contributed by atoms with Crippen LogP contribution in [0.25, 0.3) is 0 Å². The van der Waals surface area contributed by atoms with Gasteiger partial charge in [0.2, 0.25) is 0 Å². The zero-order chi connectivity index (χ0) is 17.6. The summed E-state index contributed by atoms with van der Waals surface area (Å²) < 4.78 is 5.27. The Balaban J connectivity index is 1.32. The molecule has 2 amide bonds. The molecular formula is C18H31N5O2. The summed E-state index contributed by atoms with van der Waals surface area (Å²) in [6.45, 7) is 12.3. The topological polar surface area (TPSA) is 64.8 Å². The fourth-order valence-electron chi connectivity index (χ4n) is 3.74. The smallest absolute Gasteiger partial charge is 0.317 e. The number of hydrogen-bond acceptors (Lipinski definition) is 5. The first-order valence-corrected chi connectivity index (χ1v) is 9.50. The molecule has 3 rings (SSSR count). The van der Waals surface area contributed by atoms with Gasteiger partial charge >= 0.3 is 6.03 Å². The molecule has 3 heterocycles. The minimum atomic E-state index is 0.0696. The number of hydrogen-bond donors (Lipinski definition) is 1. The summed E-state index contributed by atoms with van der Waals surface area (Å²) >= 11 is 0. The molecule has 1 N–H and O–H groups in total. The highest BCUT2D eigenvalue weighted by atomic mass is 16.5. The minimum Gasteiger partial charge on any atom is -0.360 e. The van der Waals surface area contributed by atoms with Crippen LogP contribution in [0.1, 0.15) is 31.2 Å². The van der Waals surface area contributed by atoms with Crippen molar-refractivity contribution in [2.45, 2.75) is 33.2 Å². The van der Waals surface area contributed by atoms with Crippen molar-refractivity contribution in [1.82, 2.24) is 25.2 Å². The van der Waals surface area contributed by atoms with E-state index in [0.29, 0.717) is 0 Å². The van der Waals surface area contributed by atoms with Crippen molar-refractivity contribution in [1.29, 1.82) is 0 Å². The Morgan fingerprint density at radius 3 is 2.76 bits per heavy atom. The second kappa shape index (κ2) is 8.67. The second-order valence-electron chi connectivity index (χ2n) is 7.48. The van der Waals surface area contributed by atoms with Gasteiger partial charge in [-0.25, -0.2) is 4.79 Å². The molecule has 2 aliphatic rings. The van der Waals surface area contributed by atoms with Crippen LogP contribution in [-0.2, 0) is 6.54 Å². The van der Waals surface area contributed by atoms with Crippen LogP contribution in [0.4, 0.5) is 4.79 Å². The van der Waals surface area contributed by atoms with Crippen LogP contribution < -0.4 is 5.32 Å². The number of likely N-dealkylation sites (tertiary alicyclic amines) is 1. The number of carbonyl (C=O) groups excluding carboxylic acids is 1. The predicted octanol–water partition coefficient (Wildman–Crippen LogP) is 1.54. The van der Waals surface area contributed by atoms with Crippen molar-refractivity contribution in [2.75, 3.05) is 52.4 Å². The molecule has 1 aromatic heterocycles. The van der Waals surface area contributed by atoms with Crippen LogP contribution in [0.3, 0.4) is 0 Å². The second-order valence-corrected chi connectivity index (χ2v) is 7.48. The van der Waals surface area contributed by atoms with Gasteiger partial charge in [-0.05, 0) is 32.2 Å². The van der Waals surface area contributed by atoms with Gasteiger partial charge in [-0.1, -0.05) is 12.1 Å². The molecule has 0 aromatic carbocycles. The van der Waals surface area contributed by atoms with Crippen LogP contribution in [-0.4, -0.2) is 78.2 Å². The maximum absolute atomic E-state index is 12.3. The van der Waals surface area contributed by atoms with E-state index in [9.17, 15) is 4.79 Å². The summed E-state index contributed by atoms with van der Waals surface area (Å²) in [4.78, 5) is 19.0. The van der Waals surface area contributed by atoms with Gasteiger partial charge < -0.3 is 19.6 Å². The van der Waals surface area contributed by atoms with E-state index in [4.69, 9.17) is 4.52 Å². The maximum atomic E-state index is 12.3. The molecule has 1 aromatic rings. The molecule has 0 spiro atoms. The fraction of sp³-hybridized carbons (Fsp3) is 0.778.